The van der Waals surface area contributed by atoms with Crippen LogP contribution in [0.25, 0.3) is 0 Å². The molecule has 1 N–H and O–H groups in total. The van der Waals surface area contributed by atoms with Gasteiger partial charge in [0.1, 0.15) is 0 Å². The van der Waals surface area contributed by atoms with Crippen LogP contribution in [0.1, 0.15) is 52.5 Å². The van der Waals surface area contributed by atoms with Gasteiger partial charge >= 0.3 is 0 Å². The molecule has 5 rings (SSSR count). The van der Waals surface area contributed by atoms with Gasteiger partial charge in [0.2, 0.25) is 0 Å². The molecule has 2 heteroatoms. The zero-order valence-corrected chi connectivity index (χ0v) is 13.1. The predicted octanol–water partition coefficient (Wildman–Crippen LogP) is 3.48. The van der Waals surface area contributed by atoms with Crippen LogP contribution in [0.3, 0.4) is 0 Å². The zero-order valence-electron chi connectivity index (χ0n) is 13.1. The molecule has 0 amide bonds. The Morgan fingerprint density at radius 1 is 0.955 bits per heavy atom. The summed E-state index contributed by atoms with van der Waals surface area (Å²) in [4.78, 5) is 2.21. The van der Waals surface area contributed by atoms with Gasteiger partial charge in [0.05, 0.1) is 6.61 Å². The van der Waals surface area contributed by atoms with E-state index in [9.17, 15) is 0 Å². The molecule has 0 fully saturated rings. The van der Waals surface area contributed by atoms with E-state index < -0.39 is 0 Å². The van der Waals surface area contributed by atoms with E-state index in [1.54, 1.807) is 22.3 Å². The van der Waals surface area contributed by atoms with Gasteiger partial charge in [-0.3, -0.25) is 4.90 Å². The summed E-state index contributed by atoms with van der Waals surface area (Å²) >= 11 is 0. The van der Waals surface area contributed by atoms with Crippen LogP contribution < -0.4 is 0 Å². The van der Waals surface area contributed by atoms with E-state index in [2.05, 4.69) is 54.4 Å². The molecule has 0 spiro atoms. The molecule has 2 bridgehead atoms. The van der Waals surface area contributed by atoms with Crippen molar-refractivity contribution in [2.75, 3.05) is 20.2 Å². The lowest BCUT2D eigenvalue weighted by Crippen LogP contribution is -2.28. The van der Waals surface area contributed by atoms with Crippen molar-refractivity contribution in [1.82, 2.24) is 4.90 Å². The highest BCUT2D eigenvalue weighted by molar-refractivity contribution is 5.57. The van der Waals surface area contributed by atoms with E-state index >= 15 is 0 Å². The van der Waals surface area contributed by atoms with Gasteiger partial charge in [-0.05, 0) is 47.7 Å². The highest BCUT2D eigenvalue weighted by Gasteiger charge is 2.38. The Labute approximate surface area is 132 Å². The van der Waals surface area contributed by atoms with Gasteiger partial charge in [-0.15, -0.1) is 0 Å². The fourth-order valence-corrected chi connectivity index (χ4v) is 4.45. The van der Waals surface area contributed by atoms with E-state index in [1.165, 1.54) is 18.4 Å². The van der Waals surface area contributed by atoms with E-state index in [1.807, 2.05) is 0 Å². The van der Waals surface area contributed by atoms with E-state index in [-0.39, 0.29) is 6.61 Å². The molecule has 0 saturated carbocycles. The number of rotatable bonds is 4. The van der Waals surface area contributed by atoms with Gasteiger partial charge in [0, 0.05) is 24.9 Å². The van der Waals surface area contributed by atoms with Gasteiger partial charge in [0.15, 0.2) is 0 Å². The molecular formula is C20H23NO. The first-order valence-electron chi connectivity index (χ1n) is 8.29. The van der Waals surface area contributed by atoms with Crippen LogP contribution in [0.15, 0.2) is 42.5 Å². The number of hydrogen-bond donors (Lipinski definition) is 1. The van der Waals surface area contributed by atoms with Crippen LogP contribution in [0.5, 0.6) is 0 Å². The van der Waals surface area contributed by atoms with Gasteiger partial charge in [-0.1, -0.05) is 42.5 Å². The predicted molar refractivity (Wildman–Crippen MR) is 89.2 cm³/mol. The maximum atomic E-state index is 9.15. The van der Waals surface area contributed by atoms with E-state index in [0.29, 0.717) is 11.8 Å². The van der Waals surface area contributed by atoms with Gasteiger partial charge in [0.25, 0.3) is 0 Å². The van der Waals surface area contributed by atoms with Crippen molar-refractivity contribution >= 4 is 0 Å². The Hall–Kier alpha value is -1.64. The first-order valence-corrected chi connectivity index (χ1v) is 8.29. The highest BCUT2D eigenvalue weighted by atomic mass is 16.3. The molecule has 2 aromatic rings. The smallest absolute Gasteiger partial charge is 0.0558 e. The first kappa shape index (κ1) is 14.0. The van der Waals surface area contributed by atoms with Crippen LogP contribution in [-0.4, -0.2) is 30.2 Å². The molecule has 0 radical (unpaired) electrons. The van der Waals surface area contributed by atoms with Crippen molar-refractivity contribution in [3.8, 4) is 0 Å². The molecular weight excluding hydrogens is 270 g/mol. The molecule has 114 valence electrons. The van der Waals surface area contributed by atoms with Crippen molar-refractivity contribution in [1.29, 1.82) is 0 Å². The maximum Gasteiger partial charge on any atom is 0.0558 e. The summed E-state index contributed by atoms with van der Waals surface area (Å²) < 4.78 is 0. The second-order valence-corrected chi connectivity index (χ2v) is 6.69. The van der Waals surface area contributed by atoms with Gasteiger partial charge < -0.3 is 5.11 Å². The first-order chi connectivity index (χ1) is 10.8. The average Bonchev–Trinajstić information content (AvgIpc) is 2.56. The van der Waals surface area contributed by atoms with Crippen LogP contribution in [0.4, 0.5) is 0 Å². The minimum atomic E-state index is 0.223. The number of nitrogens with zero attached hydrogens (tertiary/aromatic N) is 1. The standard InChI is InChI=1S/C20H23NO/c1-21(11-12-22)13-14-5-4-8-18-17-9-10-19(20(14)18)16-7-3-2-6-15(16)17/h2-8,17,19,22H,9-13H2,1H3. The average molecular weight is 293 g/mol. The number of benzene rings is 2. The van der Waals surface area contributed by atoms with Crippen molar-refractivity contribution in [2.45, 2.75) is 31.2 Å². The van der Waals surface area contributed by atoms with Crippen molar-refractivity contribution < 1.29 is 5.11 Å². The minimum Gasteiger partial charge on any atom is -0.395 e. The molecule has 0 aromatic heterocycles. The fourth-order valence-electron chi connectivity index (χ4n) is 4.45. The molecule has 2 aromatic carbocycles. The molecule has 2 unspecified atom stereocenters. The second-order valence-electron chi connectivity index (χ2n) is 6.69. The third kappa shape index (κ3) is 2.10. The van der Waals surface area contributed by atoms with Crippen LogP contribution in [-0.2, 0) is 6.54 Å². The number of aliphatic hydroxyl groups excluding tert-OH is 1. The third-order valence-corrected chi connectivity index (χ3v) is 5.37. The summed E-state index contributed by atoms with van der Waals surface area (Å²) in [6.07, 6.45) is 2.56. The lowest BCUT2D eigenvalue weighted by atomic mass is 9.63. The van der Waals surface area contributed by atoms with Gasteiger partial charge in [-0.25, -0.2) is 0 Å². The number of aliphatic hydroxyl groups is 1. The summed E-state index contributed by atoms with van der Waals surface area (Å²) in [5, 5.41) is 9.15. The van der Waals surface area contributed by atoms with Crippen molar-refractivity contribution in [3.63, 3.8) is 0 Å². The topological polar surface area (TPSA) is 23.5 Å². The quantitative estimate of drug-likeness (QED) is 0.933. The monoisotopic (exact) mass is 293 g/mol. The molecule has 22 heavy (non-hydrogen) atoms. The summed E-state index contributed by atoms with van der Waals surface area (Å²) in [5.41, 5.74) is 7.65. The number of hydrogen-bond acceptors (Lipinski definition) is 2. The maximum absolute atomic E-state index is 9.15. The Kier molecular flexibility index (Phi) is 3.51. The van der Waals surface area contributed by atoms with Gasteiger partial charge in [-0.2, -0.15) is 0 Å². The molecule has 2 atom stereocenters. The molecule has 0 aliphatic heterocycles. The molecule has 2 nitrogen and oxygen atoms in total. The molecule has 0 saturated heterocycles. The summed E-state index contributed by atoms with van der Waals surface area (Å²) in [5.74, 6) is 1.15. The van der Waals surface area contributed by atoms with E-state index in [0.717, 1.165) is 13.1 Å². The molecule has 3 aliphatic rings. The summed E-state index contributed by atoms with van der Waals surface area (Å²) in [6.45, 7) is 1.88. The van der Waals surface area contributed by atoms with Crippen LogP contribution in [0.2, 0.25) is 0 Å². The normalized spacial score (nSPS) is 21.8. The molecule has 3 aliphatic carbocycles. The summed E-state index contributed by atoms with van der Waals surface area (Å²) in [6, 6.07) is 15.8. The SMILES string of the molecule is CN(CCO)Cc1cccc2c1C1CCC2c2ccccc21. The Bertz CT molecular complexity index is 694. The van der Waals surface area contributed by atoms with Crippen molar-refractivity contribution in [3.05, 3.63) is 70.3 Å². The van der Waals surface area contributed by atoms with E-state index in [4.69, 9.17) is 5.11 Å². The van der Waals surface area contributed by atoms with Crippen LogP contribution in [0, 0.1) is 0 Å². The lowest BCUT2D eigenvalue weighted by Gasteiger charge is -2.41. The second kappa shape index (κ2) is 5.53. The lowest BCUT2D eigenvalue weighted by molar-refractivity contribution is 0.216. The van der Waals surface area contributed by atoms with Crippen LogP contribution >= 0.6 is 0 Å². The van der Waals surface area contributed by atoms with Crippen molar-refractivity contribution in [2.24, 2.45) is 0 Å². The zero-order chi connectivity index (χ0) is 15.1. The summed E-state index contributed by atoms with van der Waals surface area (Å²) in [7, 11) is 2.09. The Morgan fingerprint density at radius 2 is 1.64 bits per heavy atom. The number of likely N-dealkylation sites (N-methyl/N-ethyl adjacent to an activating group) is 1. The largest absolute Gasteiger partial charge is 0.395 e. The number of fused-ring (bicyclic) bond motifs is 1. The third-order valence-electron chi connectivity index (χ3n) is 5.37. The Balaban J connectivity index is 1.78. The minimum absolute atomic E-state index is 0.223. The fraction of sp³-hybridized carbons (Fsp3) is 0.400. The molecule has 0 heterocycles. The highest BCUT2D eigenvalue weighted by Crippen LogP contribution is 2.53. The Morgan fingerprint density at radius 3 is 2.41 bits per heavy atom.